The van der Waals surface area contributed by atoms with Crippen LogP contribution in [0.4, 0.5) is 0 Å². The van der Waals surface area contributed by atoms with E-state index < -0.39 is 10.8 Å². The number of hydrogen-bond acceptors (Lipinski definition) is 0. The van der Waals surface area contributed by atoms with Crippen LogP contribution in [0.5, 0.6) is 0 Å². The molecule has 13 aromatic carbocycles. The van der Waals surface area contributed by atoms with Crippen molar-refractivity contribution in [2.24, 2.45) is 0 Å². The van der Waals surface area contributed by atoms with E-state index in [0.29, 0.717) is 0 Å². The van der Waals surface area contributed by atoms with Crippen LogP contribution in [0.15, 0.2) is 279 Å². The lowest BCUT2D eigenvalue weighted by Gasteiger charge is -2.32. The maximum atomic E-state index is 2.58. The van der Waals surface area contributed by atoms with Gasteiger partial charge in [0.15, 0.2) is 0 Å². The average Bonchev–Trinajstić information content (AvgIpc) is 1.54. The second kappa shape index (κ2) is 16.6. The summed E-state index contributed by atoms with van der Waals surface area (Å²) in [6.07, 6.45) is 0. The lowest BCUT2D eigenvalue weighted by Crippen LogP contribution is -2.26. The van der Waals surface area contributed by atoms with Crippen molar-refractivity contribution in [2.75, 3.05) is 0 Å². The molecule has 4 aliphatic rings. The smallest absolute Gasteiger partial charge is 0.0727 e. The van der Waals surface area contributed by atoms with Crippen molar-refractivity contribution in [1.29, 1.82) is 0 Å². The molecule has 0 aliphatic heterocycles. The Kier molecular flexibility index (Phi) is 9.09. The summed E-state index contributed by atoms with van der Waals surface area (Å²) in [5, 5.41) is 5.03. The van der Waals surface area contributed by atoms with Gasteiger partial charge in [0.2, 0.25) is 0 Å². The highest BCUT2D eigenvalue weighted by Crippen LogP contribution is 2.66. The van der Waals surface area contributed by atoms with Gasteiger partial charge in [0, 0.05) is 32.9 Å². The number of hydrogen-bond donors (Lipinski definition) is 0. The van der Waals surface area contributed by atoms with Crippen molar-refractivity contribution in [3.05, 3.63) is 335 Å². The van der Waals surface area contributed by atoms with Crippen LogP contribution in [0.2, 0.25) is 0 Å². The van der Waals surface area contributed by atoms with Crippen LogP contribution in [0.1, 0.15) is 55.6 Å². The standard InChI is InChI=1S/C82H52N2/c1-49-31-32-50(2)68(43-49)53-35-40-61-60-39-34-51(44-72(60)81(74(61)46-53)69-24-10-3-17-56(69)57-18-4-11-25-70(57)81)52-33-38-59-58-19-5-12-26-71(58)82(73(59)45-52)75-47-54(83-77-27-13-6-20-64(77)65-21-7-14-28-78(65)83)36-41-62(75)63-42-37-55(48-76(63)82)84-79-29-15-8-22-66(79)67-23-9-16-30-80(67)84/h3-48H,1-2H3. The minimum absolute atomic E-state index is 0.522. The van der Waals surface area contributed by atoms with Gasteiger partial charge in [0.25, 0.3) is 0 Å². The minimum atomic E-state index is -0.669. The first-order valence-electron chi connectivity index (χ1n) is 29.6. The largest absolute Gasteiger partial charge is 0.309 e. The molecule has 0 atom stereocenters. The predicted octanol–water partition coefficient (Wildman–Crippen LogP) is 20.5. The van der Waals surface area contributed by atoms with E-state index in [2.05, 4.69) is 302 Å². The fraction of sp³-hybridized carbons (Fsp3) is 0.0488. The molecule has 0 N–H and O–H groups in total. The summed E-state index contributed by atoms with van der Waals surface area (Å²) < 4.78 is 4.98. The number of aromatic nitrogens is 2. The van der Waals surface area contributed by atoms with Gasteiger partial charge in [-0.05, 0) is 197 Å². The summed E-state index contributed by atoms with van der Waals surface area (Å²) in [6.45, 7) is 4.45. The molecule has 0 fully saturated rings. The van der Waals surface area contributed by atoms with Gasteiger partial charge in [0.05, 0.1) is 32.9 Å². The van der Waals surface area contributed by atoms with E-state index in [0.717, 1.165) is 11.4 Å². The maximum Gasteiger partial charge on any atom is 0.0727 e. The molecule has 0 saturated carbocycles. The number of fused-ring (bicyclic) bond motifs is 26. The van der Waals surface area contributed by atoms with Crippen molar-refractivity contribution < 1.29 is 0 Å². The van der Waals surface area contributed by atoms with Gasteiger partial charge < -0.3 is 9.13 Å². The summed E-state index contributed by atoms with van der Waals surface area (Å²) in [6, 6.07) is 107. The topological polar surface area (TPSA) is 9.86 Å². The molecular formula is C82H52N2. The van der Waals surface area contributed by atoms with Gasteiger partial charge in [-0.3, -0.25) is 0 Å². The van der Waals surface area contributed by atoms with Crippen LogP contribution in [0, 0.1) is 13.8 Å². The fourth-order valence-electron chi connectivity index (χ4n) is 16.6. The van der Waals surface area contributed by atoms with E-state index >= 15 is 0 Å². The third kappa shape index (κ3) is 5.75. The van der Waals surface area contributed by atoms with Gasteiger partial charge in [0.1, 0.15) is 0 Å². The molecule has 0 saturated heterocycles. The maximum absolute atomic E-state index is 2.58. The number of rotatable bonds is 4. The van der Waals surface area contributed by atoms with Crippen molar-refractivity contribution in [1.82, 2.24) is 9.13 Å². The quantitative estimate of drug-likeness (QED) is 0.166. The zero-order valence-corrected chi connectivity index (χ0v) is 46.5. The monoisotopic (exact) mass is 1060 g/mol. The second-order valence-electron chi connectivity index (χ2n) is 23.9. The summed E-state index contributed by atoms with van der Waals surface area (Å²) in [4.78, 5) is 0. The molecule has 2 aromatic heterocycles. The van der Waals surface area contributed by atoms with Crippen LogP contribution in [0.3, 0.4) is 0 Å². The lowest BCUT2D eigenvalue weighted by molar-refractivity contribution is 0.791. The molecule has 4 aliphatic carbocycles. The Morgan fingerprint density at radius 1 is 0.226 bits per heavy atom. The van der Waals surface area contributed by atoms with Gasteiger partial charge in [-0.1, -0.05) is 218 Å². The molecule has 0 amide bonds. The molecule has 19 rings (SSSR count). The van der Waals surface area contributed by atoms with E-state index in [1.54, 1.807) is 0 Å². The van der Waals surface area contributed by atoms with E-state index in [9.17, 15) is 0 Å². The zero-order chi connectivity index (χ0) is 55.2. The second-order valence-corrected chi connectivity index (χ2v) is 23.9. The third-order valence-electron chi connectivity index (χ3n) is 20.0. The van der Waals surface area contributed by atoms with Gasteiger partial charge in [-0.25, -0.2) is 0 Å². The lowest BCUT2D eigenvalue weighted by atomic mass is 9.69. The van der Waals surface area contributed by atoms with Crippen LogP contribution in [-0.4, -0.2) is 9.13 Å². The first kappa shape index (κ1) is 46.1. The molecule has 15 aromatic rings. The van der Waals surface area contributed by atoms with Gasteiger partial charge in [-0.15, -0.1) is 0 Å². The zero-order valence-electron chi connectivity index (χ0n) is 46.5. The summed E-state index contributed by atoms with van der Waals surface area (Å²) in [5.74, 6) is 0. The Morgan fingerprint density at radius 2 is 0.536 bits per heavy atom. The highest BCUT2D eigenvalue weighted by atomic mass is 15.0. The fourth-order valence-corrected chi connectivity index (χ4v) is 16.6. The molecule has 2 heterocycles. The first-order chi connectivity index (χ1) is 41.5. The van der Waals surface area contributed by atoms with Crippen molar-refractivity contribution >= 4 is 43.6 Å². The molecule has 2 heteroatoms. The third-order valence-corrected chi connectivity index (χ3v) is 20.0. The van der Waals surface area contributed by atoms with Crippen LogP contribution >= 0.6 is 0 Å². The Bertz CT molecular complexity index is 5110. The van der Waals surface area contributed by atoms with Crippen LogP contribution in [-0.2, 0) is 10.8 Å². The molecule has 0 unspecified atom stereocenters. The Morgan fingerprint density at radius 3 is 0.952 bits per heavy atom. The number of nitrogens with zero attached hydrogens (tertiary/aromatic N) is 2. The predicted molar refractivity (Wildman–Crippen MR) is 348 cm³/mol. The first-order valence-corrected chi connectivity index (χ1v) is 29.6. The van der Waals surface area contributed by atoms with Crippen LogP contribution < -0.4 is 0 Å². The summed E-state index contributed by atoms with van der Waals surface area (Å²) in [7, 11) is 0. The Balaban J connectivity index is 0.874. The van der Waals surface area contributed by atoms with Crippen molar-refractivity contribution in [3.63, 3.8) is 0 Å². The average molecular weight is 1070 g/mol. The van der Waals surface area contributed by atoms with Crippen molar-refractivity contribution in [3.8, 4) is 78.1 Å². The molecule has 84 heavy (non-hydrogen) atoms. The molecular weight excluding hydrogens is 1010 g/mol. The van der Waals surface area contributed by atoms with Crippen LogP contribution in [0.25, 0.3) is 122 Å². The molecule has 0 bridgehead atoms. The number of para-hydroxylation sites is 4. The summed E-state index contributed by atoms with van der Waals surface area (Å²) in [5.41, 5.74) is 34.4. The minimum Gasteiger partial charge on any atom is -0.309 e. The van der Waals surface area contributed by atoms with E-state index in [-0.39, 0.29) is 0 Å². The highest BCUT2D eigenvalue weighted by Gasteiger charge is 2.54. The normalized spacial score (nSPS) is 14.0. The highest BCUT2D eigenvalue weighted by molar-refractivity contribution is 6.11. The number of benzene rings is 13. The SMILES string of the molecule is Cc1ccc(C)c(-c2ccc3c(c2)C2(c4ccccc4-c4ccccc42)c2cc(-c4ccc5c(c4)C4(c6ccccc6-5)c5cc(-n6c7ccccc7c7ccccc76)ccc5-c5ccc(-n6c7ccccc7c7ccccc76)cc54)ccc2-3)c1. The molecule has 0 radical (unpaired) electrons. The molecule has 2 nitrogen and oxygen atoms in total. The van der Waals surface area contributed by atoms with Gasteiger partial charge in [-0.2, -0.15) is 0 Å². The number of aryl methyl sites for hydroxylation is 2. The molecule has 2 spiro atoms. The van der Waals surface area contributed by atoms with Crippen molar-refractivity contribution in [2.45, 2.75) is 24.7 Å². The van der Waals surface area contributed by atoms with E-state index in [1.165, 1.54) is 166 Å². The van der Waals surface area contributed by atoms with Gasteiger partial charge >= 0.3 is 0 Å². The Labute approximate surface area is 487 Å². The van der Waals surface area contributed by atoms with E-state index in [4.69, 9.17) is 0 Å². The Hall–Kier alpha value is -10.5. The van der Waals surface area contributed by atoms with E-state index in [1.807, 2.05) is 0 Å². The summed E-state index contributed by atoms with van der Waals surface area (Å²) >= 11 is 0. The molecule has 390 valence electrons.